The molecule has 0 unspecified atom stereocenters. The highest BCUT2D eigenvalue weighted by Crippen LogP contribution is 2.19. The molecule has 0 saturated carbocycles. The third-order valence-electron chi connectivity index (χ3n) is 3.69. The Balaban J connectivity index is 2.09. The summed E-state index contributed by atoms with van der Waals surface area (Å²) in [5.41, 5.74) is 10.6. The molecule has 20 heavy (non-hydrogen) atoms. The first kappa shape index (κ1) is 12.9. The minimum atomic E-state index is 0.622. The summed E-state index contributed by atoms with van der Waals surface area (Å²) in [4.78, 5) is 4.71. The highest BCUT2D eigenvalue weighted by atomic mass is 15.1. The zero-order valence-electron chi connectivity index (χ0n) is 11.7. The molecular weight excluding hydrogens is 246 g/mol. The van der Waals surface area contributed by atoms with E-state index in [2.05, 4.69) is 54.0 Å². The molecule has 0 saturated heterocycles. The van der Waals surface area contributed by atoms with Crippen LogP contribution in [0.5, 0.6) is 0 Å². The molecule has 2 aromatic carbocycles. The van der Waals surface area contributed by atoms with Crippen molar-refractivity contribution < 1.29 is 0 Å². The Labute approximate surface area is 119 Å². The van der Waals surface area contributed by atoms with Crippen LogP contribution in [0.15, 0.2) is 48.5 Å². The first-order chi connectivity index (χ1) is 9.79. The van der Waals surface area contributed by atoms with Gasteiger partial charge in [-0.25, -0.2) is 4.98 Å². The fourth-order valence-electron chi connectivity index (χ4n) is 2.58. The highest BCUT2D eigenvalue weighted by Gasteiger charge is 2.10. The van der Waals surface area contributed by atoms with E-state index in [0.29, 0.717) is 6.54 Å². The summed E-state index contributed by atoms with van der Waals surface area (Å²) in [7, 11) is 0. The number of nitrogens with two attached hydrogens (primary N) is 1. The Bertz CT molecular complexity index is 728. The van der Waals surface area contributed by atoms with Gasteiger partial charge < -0.3 is 10.3 Å². The van der Waals surface area contributed by atoms with Crippen LogP contribution < -0.4 is 5.73 Å². The number of nitrogens with zero attached hydrogens (tertiary/aromatic N) is 2. The highest BCUT2D eigenvalue weighted by molar-refractivity contribution is 5.76. The summed E-state index contributed by atoms with van der Waals surface area (Å²) in [5.74, 6) is 1.07. The molecular formula is C17H19N3. The van der Waals surface area contributed by atoms with E-state index in [1.165, 1.54) is 16.6 Å². The normalized spacial score (nSPS) is 11.1. The monoisotopic (exact) mass is 265 g/mol. The molecule has 0 radical (unpaired) electrons. The van der Waals surface area contributed by atoms with E-state index in [9.17, 15) is 0 Å². The Kier molecular flexibility index (Phi) is 3.52. The SMILES string of the molecule is Cc1ccccc1Cn1c(CCN)nc2ccccc21. The topological polar surface area (TPSA) is 43.8 Å². The average molecular weight is 265 g/mol. The largest absolute Gasteiger partial charge is 0.330 e. The maximum atomic E-state index is 5.72. The molecule has 0 aliphatic rings. The van der Waals surface area contributed by atoms with Gasteiger partial charge >= 0.3 is 0 Å². The van der Waals surface area contributed by atoms with Gasteiger partial charge in [0.2, 0.25) is 0 Å². The molecule has 0 spiro atoms. The third kappa shape index (κ3) is 2.32. The van der Waals surface area contributed by atoms with Gasteiger partial charge in [0.15, 0.2) is 0 Å². The molecule has 0 aliphatic carbocycles. The molecule has 3 aromatic rings. The summed E-state index contributed by atoms with van der Waals surface area (Å²) in [6.45, 7) is 3.62. The third-order valence-corrected chi connectivity index (χ3v) is 3.69. The van der Waals surface area contributed by atoms with Crippen molar-refractivity contribution in [3.63, 3.8) is 0 Å². The first-order valence-corrected chi connectivity index (χ1v) is 6.98. The number of hydrogen-bond donors (Lipinski definition) is 1. The summed E-state index contributed by atoms with van der Waals surface area (Å²) < 4.78 is 2.28. The van der Waals surface area contributed by atoms with Gasteiger partial charge in [-0.05, 0) is 36.7 Å². The minimum Gasteiger partial charge on any atom is -0.330 e. The zero-order valence-corrected chi connectivity index (χ0v) is 11.7. The number of aromatic nitrogens is 2. The lowest BCUT2D eigenvalue weighted by Gasteiger charge is -2.11. The van der Waals surface area contributed by atoms with Crippen LogP contribution in [0.2, 0.25) is 0 Å². The van der Waals surface area contributed by atoms with Gasteiger partial charge in [0.25, 0.3) is 0 Å². The van der Waals surface area contributed by atoms with Crippen LogP contribution in [0.3, 0.4) is 0 Å². The lowest BCUT2D eigenvalue weighted by atomic mass is 10.1. The van der Waals surface area contributed by atoms with E-state index in [-0.39, 0.29) is 0 Å². The van der Waals surface area contributed by atoms with Crippen molar-refractivity contribution >= 4 is 11.0 Å². The first-order valence-electron chi connectivity index (χ1n) is 6.98. The van der Waals surface area contributed by atoms with Crippen LogP contribution in [0.4, 0.5) is 0 Å². The molecule has 0 bridgehead atoms. The van der Waals surface area contributed by atoms with Crippen molar-refractivity contribution in [3.05, 3.63) is 65.5 Å². The maximum Gasteiger partial charge on any atom is 0.111 e. The average Bonchev–Trinajstić information content (AvgIpc) is 2.80. The van der Waals surface area contributed by atoms with Gasteiger partial charge in [-0.2, -0.15) is 0 Å². The van der Waals surface area contributed by atoms with Gasteiger partial charge in [0.1, 0.15) is 5.82 Å². The van der Waals surface area contributed by atoms with Crippen molar-refractivity contribution in [2.24, 2.45) is 5.73 Å². The van der Waals surface area contributed by atoms with Gasteiger partial charge in [-0.15, -0.1) is 0 Å². The Morgan fingerprint density at radius 2 is 1.80 bits per heavy atom. The smallest absolute Gasteiger partial charge is 0.111 e. The van der Waals surface area contributed by atoms with Crippen LogP contribution in [0.25, 0.3) is 11.0 Å². The van der Waals surface area contributed by atoms with Crippen LogP contribution in [-0.4, -0.2) is 16.1 Å². The number of fused-ring (bicyclic) bond motifs is 1. The van der Waals surface area contributed by atoms with Gasteiger partial charge in [-0.3, -0.25) is 0 Å². The van der Waals surface area contributed by atoms with Crippen molar-refractivity contribution in [1.82, 2.24) is 9.55 Å². The predicted octanol–water partition coefficient (Wildman–Crippen LogP) is 2.89. The standard InChI is InChI=1S/C17H19N3/c1-13-6-2-3-7-14(13)12-20-16-9-5-4-8-15(16)19-17(20)10-11-18/h2-9H,10-12,18H2,1H3. The second-order valence-electron chi connectivity index (χ2n) is 5.07. The minimum absolute atomic E-state index is 0.622. The summed E-state index contributed by atoms with van der Waals surface area (Å²) in [6, 6.07) is 16.8. The fraction of sp³-hybridized carbons (Fsp3) is 0.235. The summed E-state index contributed by atoms with van der Waals surface area (Å²) >= 11 is 0. The number of rotatable bonds is 4. The van der Waals surface area contributed by atoms with E-state index in [4.69, 9.17) is 10.7 Å². The van der Waals surface area contributed by atoms with E-state index < -0.39 is 0 Å². The number of imidazole rings is 1. The molecule has 0 amide bonds. The Morgan fingerprint density at radius 1 is 1.05 bits per heavy atom. The molecule has 0 aliphatic heterocycles. The zero-order chi connectivity index (χ0) is 13.9. The van der Waals surface area contributed by atoms with Crippen molar-refractivity contribution in [2.45, 2.75) is 19.9 Å². The fourth-order valence-corrected chi connectivity index (χ4v) is 2.58. The molecule has 3 rings (SSSR count). The van der Waals surface area contributed by atoms with Crippen molar-refractivity contribution in [1.29, 1.82) is 0 Å². The quantitative estimate of drug-likeness (QED) is 0.788. The van der Waals surface area contributed by atoms with Crippen LogP contribution >= 0.6 is 0 Å². The van der Waals surface area contributed by atoms with Gasteiger partial charge in [-0.1, -0.05) is 36.4 Å². The Morgan fingerprint density at radius 3 is 2.60 bits per heavy atom. The van der Waals surface area contributed by atoms with Crippen LogP contribution in [0, 0.1) is 6.92 Å². The lowest BCUT2D eigenvalue weighted by molar-refractivity contribution is 0.732. The summed E-state index contributed by atoms with van der Waals surface area (Å²) in [6.07, 6.45) is 0.806. The lowest BCUT2D eigenvalue weighted by Crippen LogP contribution is -2.11. The molecule has 1 heterocycles. The van der Waals surface area contributed by atoms with E-state index in [1.807, 2.05) is 6.07 Å². The predicted molar refractivity (Wildman–Crippen MR) is 82.8 cm³/mol. The van der Waals surface area contributed by atoms with E-state index in [1.54, 1.807) is 0 Å². The number of hydrogen-bond acceptors (Lipinski definition) is 2. The van der Waals surface area contributed by atoms with Crippen molar-refractivity contribution in [2.75, 3.05) is 6.54 Å². The molecule has 3 heteroatoms. The maximum absolute atomic E-state index is 5.72. The summed E-state index contributed by atoms with van der Waals surface area (Å²) in [5, 5.41) is 0. The second kappa shape index (κ2) is 5.47. The van der Waals surface area contributed by atoms with E-state index >= 15 is 0 Å². The van der Waals surface area contributed by atoms with Gasteiger partial charge in [0, 0.05) is 13.0 Å². The second-order valence-corrected chi connectivity index (χ2v) is 5.07. The van der Waals surface area contributed by atoms with Crippen LogP contribution in [-0.2, 0) is 13.0 Å². The Hall–Kier alpha value is -2.13. The molecule has 1 aromatic heterocycles. The number of benzene rings is 2. The van der Waals surface area contributed by atoms with Gasteiger partial charge in [0.05, 0.1) is 11.0 Å². The van der Waals surface area contributed by atoms with Crippen molar-refractivity contribution in [3.8, 4) is 0 Å². The molecule has 0 atom stereocenters. The molecule has 0 fully saturated rings. The number of para-hydroxylation sites is 2. The number of aryl methyl sites for hydroxylation is 1. The van der Waals surface area contributed by atoms with E-state index in [0.717, 1.165) is 24.3 Å². The van der Waals surface area contributed by atoms with Crippen LogP contribution in [0.1, 0.15) is 17.0 Å². The molecule has 102 valence electrons. The molecule has 2 N–H and O–H groups in total. The molecule has 3 nitrogen and oxygen atoms in total.